The summed E-state index contributed by atoms with van der Waals surface area (Å²) in [6.45, 7) is 21.1. The standard InChI is InChI=1S/C24H29N3O3/c1-8-15-25-21(28)26(16-9-2)23(30)27(22(25)29)19(11-4)18-14-12-13-17(10-3)20(18)24(5,6)7/h8-14,19H,1-4,15-16H2,5-7H3. The molecular weight excluding hydrogens is 378 g/mol. The Morgan fingerprint density at radius 3 is 1.83 bits per heavy atom. The highest BCUT2D eigenvalue weighted by atomic mass is 16.2. The average Bonchev–Trinajstić information content (AvgIpc) is 2.70. The summed E-state index contributed by atoms with van der Waals surface area (Å²) in [4.78, 5) is 39.1. The lowest BCUT2D eigenvalue weighted by Crippen LogP contribution is -2.55. The molecule has 1 unspecified atom stereocenters. The summed E-state index contributed by atoms with van der Waals surface area (Å²) in [5.74, 6) is 0. The molecule has 0 aliphatic heterocycles. The Balaban J connectivity index is 3.02. The second-order valence-corrected chi connectivity index (χ2v) is 7.96. The van der Waals surface area contributed by atoms with E-state index in [0.29, 0.717) is 0 Å². The van der Waals surface area contributed by atoms with Crippen LogP contribution in [0.15, 0.2) is 77.1 Å². The van der Waals surface area contributed by atoms with Crippen molar-refractivity contribution in [2.24, 2.45) is 0 Å². The van der Waals surface area contributed by atoms with E-state index < -0.39 is 23.1 Å². The van der Waals surface area contributed by atoms with E-state index in [1.807, 2.05) is 18.2 Å². The maximum absolute atomic E-state index is 13.2. The highest BCUT2D eigenvalue weighted by Crippen LogP contribution is 2.34. The topological polar surface area (TPSA) is 66.0 Å². The summed E-state index contributed by atoms with van der Waals surface area (Å²) >= 11 is 0. The van der Waals surface area contributed by atoms with Crippen molar-refractivity contribution < 1.29 is 0 Å². The van der Waals surface area contributed by atoms with E-state index in [4.69, 9.17) is 0 Å². The van der Waals surface area contributed by atoms with Gasteiger partial charge in [0.1, 0.15) is 0 Å². The van der Waals surface area contributed by atoms with Crippen molar-refractivity contribution in [3.05, 3.63) is 111 Å². The van der Waals surface area contributed by atoms with Crippen LogP contribution in [0.5, 0.6) is 0 Å². The molecule has 1 aromatic carbocycles. The van der Waals surface area contributed by atoms with Gasteiger partial charge in [-0.05, 0) is 22.1 Å². The molecule has 6 nitrogen and oxygen atoms in total. The minimum atomic E-state index is -0.771. The number of allylic oxidation sites excluding steroid dienone is 3. The van der Waals surface area contributed by atoms with Gasteiger partial charge in [0.05, 0.1) is 19.1 Å². The van der Waals surface area contributed by atoms with Crippen LogP contribution < -0.4 is 17.1 Å². The first-order valence-electron chi connectivity index (χ1n) is 9.70. The van der Waals surface area contributed by atoms with Crippen molar-refractivity contribution >= 4 is 6.08 Å². The van der Waals surface area contributed by atoms with Gasteiger partial charge in [-0.3, -0.25) is 0 Å². The van der Waals surface area contributed by atoms with Crippen LogP contribution in [0.1, 0.15) is 43.5 Å². The van der Waals surface area contributed by atoms with E-state index >= 15 is 0 Å². The van der Waals surface area contributed by atoms with Gasteiger partial charge in [-0.15, -0.1) is 19.7 Å². The van der Waals surface area contributed by atoms with Crippen LogP contribution in [0.4, 0.5) is 0 Å². The van der Waals surface area contributed by atoms with Crippen LogP contribution in [0.2, 0.25) is 0 Å². The van der Waals surface area contributed by atoms with Crippen LogP contribution in [0.3, 0.4) is 0 Å². The Kier molecular flexibility index (Phi) is 6.82. The van der Waals surface area contributed by atoms with E-state index in [2.05, 4.69) is 47.1 Å². The monoisotopic (exact) mass is 407 g/mol. The predicted molar refractivity (Wildman–Crippen MR) is 123 cm³/mol. The third kappa shape index (κ3) is 3.99. The third-order valence-corrected chi connectivity index (χ3v) is 4.88. The smallest absolute Gasteiger partial charge is 0.247 e. The fourth-order valence-corrected chi connectivity index (χ4v) is 3.70. The van der Waals surface area contributed by atoms with Gasteiger partial charge < -0.3 is 0 Å². The summed E-state index contributed by atoms with van der Waals surface area (Å²) in [6, 6.07) is 4.89. The normalized spacial score (nSPS) is 12.2. The van der Waals surface area contributed by atoms with Crippen molar-refractivity contribution in [2.45, 2.75) is 45.3 Å². The Bertz CT molecular complexity index is 1120. The molecule has 0 amide bonds. The van der Waals surface area contributed by atoms with Crippen molar-refractivity contribution in [1.82, 2.24) is 13.7 Å². The van der Waals surface area contributed by atoms with Crippen LogP contribution in [-0.2, 0) is 18.5 Å². The molecule has 0 saturated carbocycles. The summed E-state index contributed by atoms with van der Waals surface area (Å²) < 4.78 is 3.05. The first kappa shape index (κ1) is 22.9. The van der Waals surface area contributed by atoms with Gasteiger partial charge in [0, 0.05) is 0 Å². The molecule has 6 heteroatoms. The quantitative estimate of drug-likeness (QED) is 0.631. The van der Waals surface area contributed by atoms with E-state index in [9.17, 15) is 14.4 Å². The SMILES string of the molecule is C=CCn1c(=O)n(CC=C)c(=O)n(C(C=C)c2cccc(C=C)c2C(C)(C)C)c1=O. The lowest BCUT2D eigenvalue weighted by molar-refractivity contribution is 0.469. The number of aromatic nitrogens is 3. The molecule has 30 heavy (non-hydrogen) atoms. The van der Waals surface area contributed by atoms with Crippen LogP contribution in [0.25, 0.3) is 6.08 Å². The van der Waals surface area contributed by atoms with E-state index in [0.717, 1.165) is 30.4 Å². The fourth-order valence-electron chi connectivity index (χ4n) is 3.70. The maximum Gasteiger partial charge on any atom is 0.337 e. The van der Waals surface area contributed by atoms with E-state index in [1.165, 1.54) is 12.2 Å². The zero-order valence-corrected chi connectivity index (χ0v) is 17.9. The molecule has 0 spiro atoms. The Morgan fingerprint density at radius 2 is 1.43 bits per heavy atom. The molecule has 1 aromatic heterocycles. The Labute approximate surface area is 176 Å². The van der Waals surface area contributed by atoms with Gasteiger partial charge in [-0.25, -0.2) is 28.1 Å². The largest absolute Gasteiger partial charge is 0.337 e. The molecule has 0 saturated heterocycles. The van der Waals surface area contributed by atoms with Gasteiger partial charge in [0.15, 0.2) is 0 Å². The van der Waals surface area contributed by atoms with Crippen LogP contribution >= 0.6 is 0 Å². The number of nitrogens with zero attached hydrogens (tertiary/aromatic N) is 3. The summed E-state index contributed by atoms with van der Waals surface area (Å²) in [5, 5.41) is 0. The number of rotatable bonds is 8. The molecular formula is C24H29N3O3. The predicted octanol–water partition coefficient (Wildman–Crippen LogP) is 3.26. The van der Waals surface area contributed by atoms with Crippen molar-refractivity contribution in [3.63, 3.8) is 0 Å². The van der Waals surface area contributed by atoms with E-state index in [-0.39, 0.29) is 18.5 Å². The lowest BCUT2D eigenvalue weighted by Gasteiger charge is -2.29. The highest BCUT2D eigenvalue weighted by molar-refractivity contribution is 5.58. The molecule has 2 aromatic rings. The number of hydrogen-bond donors (Lipinski definition) is 0. The van der Waals surface area contributed by atoms with Crippen LogP contribution in [-0.4, -0.2) is 13.7 Å². The van der Waals surface area contributed by atoms with Crippen molar-refractivity contribution in [2.75, 3.05) is 0 Å². The Morgan fingerprint density at radius 1 is 0.900 bits per heavy atom. The van der Waals surface area contributed by atoms with Gasteiger partial charge in [0.25, 0.3) is 0 Å². The van der Waals surface area contributed by atoms with E-state index in [1.54, 1.807) is 12.2 Å². The Hall–Kier alpha value is -3.41. The molecule has 158 valence electrons. The lowest BCUT2D eigenvalue weighted by atomic mass is 9.78. The summed E-state index contributed by atoms with van der Waals surface area (Å²) in [7, 11) is 0. The first-order valence-corrected chi connectivity index (χ1v) is 9.70. The average molecular weight is 408 g/mol. The van der Waals surface area contributed by atoms with Crippen molar-refractivity contribution in [1.29, 1.82) is 0 Å². The molecule has 0 aliphatic rings. The fraction of sp³-hybridized carbons (Fsp3) is 0.292. The maximum atomic E-state index is 13.2. The van der Waals surface area contributed by atoms with Gasteiger partial charge in [0.2, 0.25) is 0 Å². The molecule has 0 bridgehead atoms. The number of benzene rings is 1. The third-order valence-electron chi connectivity index (χ3n) is 4.88. The summed E-state index contributed by atoms with van der Waals surface area (Å²) in [6.07, 6.45) is 6.18. The second-order valence-electron chi connectivity index (χ2n) is 7.96. The molecule has 1 heterocycles. The van der Waals surface area contributed by atoms with Crippen molar-refractivity contribution in [3.8, 4) is 0 Å². The molecule has 0 radical (unpaired) electrons. The number of hydrogen-bond acceptors (Lipinski definition) is 3. The van der Waals surface area contributed by atoms with Gasteiger partial charge in [-0.1, -0.05) is 69.9 Å². The first-order chi connectivity index (χ1) is 14.1. The minimum Gasteiger partial charge on any atom is -0.247 e. The highest BCUT2D eigenvalue weighted by Gasteiger charge is 2.27. The molecule has 0 aliphatic carbocycles. The molecule has 1 atom stereocenters. The summed E-state index contributed by atoms with van der Waals surface area (Å²) in [5.41, 5.74) is 0.208. The second kappa shape index (κ2) is 8.95. The van der Waals surface area contributed by atoms with Gasteiger partial charge >= 0.3 is 17.1 Å². The van der Waals surface area contributed by atoms with Gasteiger partial charge in [-0.2, -0.15) is 0 Å². The molecule has 0 N–H and O–H groups in total. The van der Waals surface area contributed by atoms with Crippen LogP contribution in [0, 0.1) is 0 Å². The minimum absolute atomic E-state index is 0.0161. The zero-order chi connectivity index (χ0) is 22.6. The molecule has 2 rings (SSSR count). The zero-order valence-electron chi connectivity index (χ0n) is 17.9. The molecule has 0 fully saturated rings.